The topological polar surface area (TPSA) is 50.5 Å². The van der Waals surface area contributed by atoms with Gasteiger partial charge in [-0.25, -0.2) is 18.2 Å². The zero-order valence-corrected chi connectivity index (χ0v) is 16.6. The molecule has 3 aromatic rings. The van der Waals surface area contributed by atoms with Gasteiger partial charge in [0.05, 0.1) is 17.0 Å². The maximum Gasteiger partial charge on any atom is 0.249 e. The van der Waals surface area contributed by atoms with E-state index in [-0.39, 0.29) is 17.1 Å². The molecule has 0 spiro atoms. The van der Waals surface area contributed by atoms with Crippen molar-refractivity contribution < 1.29 is 18.0 Å². The molecule has 158 valence electrons. The summed E-state index contributed by atoms with van der Waals surface area (Å²) in [7, 11) is 0. The average Bonchev–Trinajstić information content (AvgIpc) is 3.28. The van der Waals surface area contributed by atoms with Gasteiger partial charge in [-0.05, 0) is 60.6 Å². The number of aromatic nitrogens is 2. The van der Waals surface area contributed by atoms with E-state index in [9.17, 15) is 18.0 Å². The molecule has 3 saturated carbocycles. The fourth-order valence-electron chi connectivity index (χ4n) is 5.76. The summed E-state index contributed by atoms with van der Waals surface area (Å²) < 4.78 is 42.6. The van der Waals surface area contributed by atoms with Crippen LogP contribution in [-0.4, -0.2) is 26.9 Å². The molecule has 5 nitrogen and oxygen atoms in total. The average molecular weight is 424 g/mol. The number of carbonyl (C=O) groups excluding carboxylic acids is 1. The number of hydrogen-bond acceptors (Lipinski definition) is 3. The SMILES string of the molecule is O=C(N1N=CCC1c1cc(F)cc(F)c1)C12CC(Cn3cc4cc(F)ccc4n3)(C1)C2. The molecule has 0 saturated heterocycles. The van der Waals surface area contributed by atoms with Crippen molar-refractivity contribution in [3.8, 4) is 0 Å². The van der Waals surface area contributed by atoms with Crippen LogP contribution in [0, 0.1) is 28.3 Å². The van der Waals surface area contributed by atoms with Crippen LogP contribution in [0.4, 0.5) is 13.2 Å². The third-order valence-corrected chi connectivity index (χ3v) is 6.91. The summed E-state index contributed by atoms with van der Waals surface area (Å²) in [6.45, 7) is 0.681. The molecule has 31 heavy (non-hydrogen) atoms. The van der Waals surface area contributed by atoms with Gasteiger partial charge in [0.1, 0.15) is 17.5 Å². The molecule has 2 heterocycles. The second-order valence-corrected chi connectivity index (χ2v) is 9.24. The third-order valence-electron chi connectivity index (χ3n) is 6.91. The van der Waals surface area contributed by atoms with E-state index in [1.54, 1.807) is 12.3 Å². The van der Waals surface area contributed by atoms with E-state index in [0.29, 0.717) is 18.5 Å². The molecule has 3 fully saturated rings. The lowest BCUT2D eigenvalue weighted by Gasteiger charge is -2.69. The first-order valence-corrected chi connectivity index (χ1v) is 10.3. The highest BCUT2D eigenvalue weighted by Crippen LogP contribution is 2.74. The summed E-state index contributed by atoms with van der Waals surface area (Å²) in [6, 6.07) is 7.39. The smallest absolute Gasteiger partial charge is 0.249 e. The van der Waals surface area contributed by atoms with Crippen molar-refractivity contribution in [2.45, 2.75) is 38.3 Å². The molecule has 8 heteroatoms. The Bertz CT molecular complexity index is 1230. The molecule has 2 bridgehead atoms. The van der Waals surface area contributed by atoms with Gasteiger partial charge in [0.25, 0.3) is 0 Å². The number of amides is 1. The Kier molecular flexibility index (Phi) is 3.71. The van der Waals surface area contributed by atoms with Crippen LogP contribution in [-0.2, 0) is 11.3 Å². The number of rotatable bonds is 4. The van der Waals surface area contributed by atoms with Gasteiger partial charge in [-0.2, -0.15) is 10.2 Å². The number of fused-ring (bicyclic) bond motifs is 1. The standard InChI is InChI=1S/C23H19F3N4O/c24-16-1-2-19-15(7-16)9-29(28-19)13-22-10-23(11-22,12-22)21(31)30-20(3-4-27-30)14-5-17(25)8-18(26)6-14/h1-2,4-9,20H,3,10-13H2. The predicted molar refractivity (Wildman–Crippen MR) is 107 cm³/mol. The zero-order chi connectivity index (χ0) is 21.4. The van der Waals surface area contributed by atoms with Crippen molar-refractivity contribution in [3.63, 3.8) is 0 Å². The van der Waals surface area contributed by atoms with Crippen LogP contribution in [0.3, 0.4) is 0 Å². The van der Waals surface area contributed by atoms with Crippen molar-refractivity contribution >= 4 is 23.0 Å². The number of hydrazone groups is 1. The third kappa shape index (κ3) is 2.80. The van der Waals surface area contributed by atoms with Crippen molar-refractivity contribution in [1.82, 2.24) is 14.8 Å². The molecule has 4 aliphatic rings. The van der Waals surface area contributed by atoms with Gasteiger partial charge in [0, 0.05) is 36.8 Å². The molecule has 0 N–H and O–H groups in total. The molecular formula is C23H19F3N4O. The molecule has 2 aromatic carbocycles. The first-order chi connectivity index (χ1) is 14.8. The van der Waals surface area contributed by atoms with Gasteiger partial charge >= 0.3 is 0 Å². The van der Waals surface area contributed by atoms with E-state index in [2.05, 4.69) is 10.2 Å². The highest BCUT2D eigenvalue weighted by atomic mass is 19.1. The lowest BCUT2D eigenvalue weighted by molar-refractivity contribution is -0.223. The summed E-state index contributed by atoms with van der Waals surface area (Å²) >= 11 is 0. The summed E-state index contributed by atoms with van der Waals surface area (Å²) in [5.41, 5.74) is 0.723. The molecule has 1 atom stereocenters. The summed E-state index contributed by atoms with van der Waals surface area (Å²) in [4.78, 5) is 13.3. The van der Waals surface area contributed by atoms with Crippen molar-refractivity contribution in [3.05, 3.63) is 65.6 Å². The second-order valence-electron chi connectivity index (χ2n) is 9.24. The lowest BCUT2D eigenvalue weighted by atomic mass is 9.34. The van der Waals surface area contributed by atoms with Crippen LogP contribution in [0.15, 0.2) is 47.7 Å². The maximum atomic E-state index is 13.7. The normalized spacial score (nSPS) is 28.6. The molecule has 1 amide bonds. The fraction of sp³-hybridized carbons (Fsp3) is 0.348. The molecule has 3 aliphatic carbocycles. The molecule has 1 unspecified atom stereocenters. The minimum absolute atomic E-state index is 0.0140. The van der Waals surface area contributed by atoms with E-state index in [0.717, 1.165) is 36.2 Å². The predicted octanol–water partition coefficient (Wildman–Crippen LogP) is 4.58. The van der Waals surface area contributed by atoms with Crippen LogP contribution >= 0.6 is 0 Å². The van der Waals surface area contributed by atoms with E-state index in [4.69, 9.17) is 0 Å². The monoisotopic (exact) mass is 424 g/mol. The van der Waals surface area contributed by atoms with Crippen LogP contribution in [0.25, 0.3) is 10.9 Å². The Hall–Kier alpha value is -3.16. The Balaban J connectivity index is 1.17. The summed E-state index contributed by atoms with van der Waals surface area (Å²) in [6.07, 6.45) is 6.11. The Labute approximate surface area is 176 Å². The summed E-state index contributed by atoms with van der Waals surface area (Å²) in [5, 5.41) is 10.9. The van der Waals surface area contributed by atoms with E-state index in [1.807, 2.05) is 10.9 Å². The van der Waals surface area contributed by atoms with Crippen LogP contribution in [0.1, 0.15) is 37.3 Å². The van der Waals surface area contributed by atoms with Crippen molar-refractivity contribution in [1.29, 1.82) is 0 Å². The Morgan fingerprint density at radius 1 is 1.03 bits per heavy atom. The van der Waals surface area contributed by atoms with Gasteiger partial charge in [-0.3, -0.25) is 9.48 Å². The Morgan fingerprint density at radius 2 is 1.77 bits per heavy atom. The van der Waals surface area contributed by atoms with Gasteiger partial charge in [0.15, 0.2) is 0 Å². The first-order valence-electron chi connectivity index (χ1n) is 10.3. The van der Waals surface area contributed by atoms with Crippen molar-refractivity contribution in [2.75, 3.05) is 0 Å². The van der Waals surface area contributed by atoms with Crippen LogP contribution < -0.4 is 0 Å². The van der Waals surface area contributed by atoms with E-state index in [1.165, 1.54) is 29.3 Å². The molecule has 0 radical (unpaired) electrons. The van der Waals surface area contributed by atoms with Gasteiger partial charge in [-0.1, -0.05) is 0 Å². The minimum Gasteiger partial charge on any atom is -0.272 e. The minimum atomic E-state index is -0.662. The number of halogens is 3. The fourth-order valence-corrected chi connectivity index (χ4v) is 5.76. The quantitative estimate of drug-likeness (QED) is 0.616. The van der Waals surface area contributed by atoms with Crippen molar-refractivity contribution in [2.24, 2.45) is 15.9 Å². The second kappa shape index (κ2) is 6.18. The summed E-state index contributed by atoms with van der Waals surface area (Å²) in [5.74, 6) is -1.69. The molecule has 1 aliphatic heterocycles. The number of hydrogen-bond donors (Lipinski definition) is 0. The largest absolute Gasteiger partial charge is 0.272 e. The first kappa shape index (κ1) is 18.6. The lowest BCUT2D eigenvalue weighted by Crippen LogP contribution is -2.68. The van der Waals surface area contributed by atoms with Gasteiger partial charge in [-0.15, -0.1) is 0 Å². The Morgan fingerprint density at radius 3 is 2.52 bits per heavy atom. The number of carbonyl (C=O) groups is 1. The number of nitrogens with zero attached hydrogens (tertiary/aromatic N) is 4. The van der Waals surface area contributed by atoms with E-state index >= 15 is 0 Å². The van der Waals surface area contributed by atoms with Gasteiger partial charge in [0.2, 0.25) is 5.91 Å². The van der Waals surface area contributed by atoms with Gasteiger partial charge < -0.3 is 0 Å². The molecule has 7 rings (SSSR count). The molecular weight excluding hydrogens is 405 g/mol. The zero-order valence-electron chi connectivity index (χ0n) is 16.6. The highest BCUT2D eigenvalue weighted by Gasteiger charge is 2.72. The highest BCUT2D eigenvalue weighted by molar-refractivity contribution is 5.88. The maximum absolute atomic E-state index is 13.7. The van der Waals surface area contributed by atoms with Crippen LogP contribution in [0.5, 0.6) is 0 Å². The van der Waals surface area contributed by atoms with Crippen LogP contribution in [0.2, 0.25) is 0 Å². The number of benzene rings is 2. The van der Waals surface area contributed by atoms with E-state index < -0.39 is 23.1 Å². The molecule has 1 aromatic heterocycles.